The molecular weight excluding hydrogens is 268 g/mol. The highest BCUT2D eigenvalue weighted by molar-refractivity contribution is 7.88. The Morgan fingerprint density at radius 3 is 2.00 bits per heavy atom. The molecular formula is C12H26N2O2S2. The van der Waals surface area contributed by atoms with E-state index in [1.165, 1.54) is 6.26 Å². The van der Waals surface area contributed by atoms with Gasteiger partial charge in [-0.25, -0.2) is 8.42 Å². The Bertz CT molecular complexity index is 355. The average molecular weight is 294 g/mol. The third-order valence-electron chi connectivity index (χ3n) is 3.72. The fraction of sp³-hybridized carbons (Fsp3) is 1.00. The van der Waals surface area contributed by atoms with Crippen LogP contribution in [0.3, 0.4) is 0 Å². The Morgan fingerprint density at radius 2 is 1.67 bits per heavy atom. The first kappa shape index (κ1) is 16.3. The molecule has 0 aromatic carbocycles. The lowest BCUT2D eigenvalue weighted by molar-refractivity contribution is 0.129. The van der Waals surface area contributed by atoms with Crippen LogP contribution in [-0.4, -0.2) is 62.4 Å². The van der Waals surface area contributed by atoms with Crippen LogP contribution in [0.4, 0.5) is 0 Å². The van der Waals surface area contributed by atoms with Crippen LogP contribution in [0.15, 0.2) is 0 Å². The smallest absolute Gasteiger partial charge is 0.211 e. The van der Waals surface area contributed by atoms with Crippen molar-refractivity contribution in [2.75, 3.05) is 44.7 Å². The Hall–Kier alpha value is 0.220. The first-order valence-electron chi connectivity index (χ1n) is 6.43. The Balaban J connectivity index is 2.49. The highest BCUT2D eigenvalue weighted by Crippen LogP contribution is 2.28. The SMILES string of the molecule is CC(C)(C)C(CS)CN1CCN(S(C)(=O)=O)CC1. The Labute approximate surface area is 117 Å². The molecule has 0 aliphatic carbocycles. The van der Waals surface area contributed by atoms with Gasteiger partial charge in [0, 0.05) is 32.7 Å². The van der Waals surface area contributed by atoms with E-state index >= 15 is 0 Å². The summed E-state index contributed by atoms with van der Waals surface area (Å²) in [6, 6.07) is 0. The van der Waals surface area contributed by atoms with Gasteiger partial charge in [-0.3, -0.25) is 0 Å². The fourth-order valence-corrected chi connectivity index (χ4v) is 3.65. The maximum atomic E-state index is 11.4. The number of rotatable bonds is 4. The molecule has 0 N–H and O–H groups in total. The molecule has 0 spiro atoms. The monoisotopic (exact) mass is 294 g/mol. The topological polar surface area (TPSA) is 40.6 Å². The van der Waals surface area contributed by atoms with Crippen molar-refractivity contribution >= 4 is 22.7 Å². The number of nitrogens with zero attached hydrogens (tertiary/aromatic N) is 2. The molecule has 4 nitrogen and oxygen atoms in total. The summed E-state index contributed by atoms with van der Waals surface area (Å²) in [4.78, 5) is 2.35. The van der Waals surface area contributed by atoms with Crippen LogP contribution >= 0.6 is 12.6 Å². The van der Waals surface area contributed by atoms with Gasteiger partial charge >= 0.3 is 0 Å². The minimum Gasteiger partial charge on any atom is -0.300 e. The van der Waals surface area contributed by atoms with Crippen molar-refractivity contribution in [3.8, 4) is 0 Å². The van der Waals surface area contributed by atoms with E-state index in [-0.39, 0.29) is 5.41 Å². The lowest BCUT2D eigenvalue weighted by Gasteiger charge is -2.38. The third kappa shape index (κ3) is 4.72. The molecule has 1 heterocycles. The van der Waals surface area contributed by atoms with E-state index in [0.29, 0.717) is 19.0 Å². The minimum atomic E-state index is -3.02. The second-order valence-electron chi connectivity index (χ2n) is 6.21. The van der Waals surface area contributed by atoms with Gasteiger partial charge < -0.3 is 4.90 Å². The third-order valence-corrected chi connectivity index (χ3v) is 5.47. The summed E-state index contributed by atoms with van der Waals surface area (Å²) in [7, 11) is -3.02. The number of thiol groups is 1. The number of hydrogen-bond donors (Lipinski definition) is 1. The second kappa shape index (κ2) is 6.11. The first-order valence-corrected chi connectivity index (χ1v) is 8.91. The van der Waals surface area contributed by atoms with Crippen LogP contribution < -0.4 is 0 Å². The standard InChI is InChI=1S/C12H26N2O2S2/c1-12(2,3)11(10-17)9-13-5-7-14(8-6-13)18(4,15)16/h11,17H,5-10H2,1-4H3. The van der Waals surface area contributed by atoms with Gasteiger partial charge in [-0.05, 0) is 17.1 Å². The zero-order valence-corrected chi connectivity index (χ0v) is 13.6. The zero-order valence-electron chi connectivity index (χ0n) is 11.9. The first-order chi connectivity index (χ1) is 8.14. The summed E-state index contributed by atoms with van der Waals surface area (Å²) in [5.74, 6) is 1.40. The van der Waals surface area contributed by atoms with Crippen LogP contribution in [-0.2, 0) is 10.0 Å². The average Bonchev–Trinajstić information content (AvgIpc) is 2.23. The molecule has 1 unspecified atom stereocenters. The van der Waals surface area contributed by atoms with Gasteiger partial charge in [0.05, 0.1) is 6.26 Å². The Morgan fingerprint density at radius 1 is 1.17 bits per heavy atom. The summed E-state index contributed by atoms with van der Waals surface area (Å²) >= 11 is 4.44. The second-order valence-corrected chi connectivity index (χ2v) is 8.56. The predicted molar refractivity (Wildman–Crippen MR) is 79.7 cm³/mol. The Kier molecular flexibility index (Phi) is 5.53. The van der Waals surface area contributed by atoms with Gasteiger partial charge in [-0.1, -0.05) is 20.8 Å². The van der Waals surface area contributed by atoms with Gasteiger partial charge in [0.25, 0.3) is 0 Å². The molecule has 0 aromatic heterocycles. The maximum absolute atomic E-state index is 11.4. The van der Waals surface area contributed by atoms with E-state index in [1.807, 2.05) is 0 Å². The highest BCUT2D eigenvalue weighted by atomic mass is 32.2. The van der Waals surface area contributed by atoms with E-state index in [0.717, 1.165) is 25.4 Å². The molecule has 0 saturated carbocycles. The normalized spacial score (nSPS) is 22.1. The van der Waals surface area contributed by atoms with E-state index in [1.54, 1.807) is 4.31 Å². The zero-order chi connectivity index (χ0) is 14.0. The molecule has 1 aliphatic heterocycles. The fourth-order valence-electron chi connectivity index (χ4n) is 2.16. The van der Waals surface area contributed by atoms with Gasteiger partial charge in [-0.15, -0.1) is 0 Å². The summed E-state index contributed by atoms with van der Waals surface area (Å²) in [5.41, 5.74) is 0.246. The van der Waals surface area contributed by atoms with Crippen molar-refractivity contribution in [3.05, 3.63) is 0 Å². The van der Waals surface area contributed by atoms with Gasteiger partial charge in [0.1, 0.15) is 0 Å². The maximum Gasteiger partial charge on any atom is 0.211 e. The van der Waals surface area contributed by atoms with E-state index in [2.05, 4.69) is 38.3 Å². The minimum absolute atomic E-state index is 0.246. The number of sulfonamides is 1. The van der Waals surface area contributed by atoms with Crippen molar-refractivity contribution in [2.24, 2.45) is 11.3 Å². The molecule has 1 atom stereocenters. The summed E-state index contributed by atoms with van der Waals surface area (Å²) in [6.07, 6.45) is 1.29. The van der Waals surface area contributed by atoms with Gasteiger partial charge in [-0.2, -0.15) is 16.9 Å². The lowest BCUT2D eigenvalue weighted by Crippen LogP contribution is -2.50. The molecule has 0 aromatic rings. The van der Waals surface area contributed by atoms with Gasteiger partial charge in [0.15, 0.2) is 0 Å². The molecule has 6 heteroatoms. The van der Waals surface area contributed by atoms with Crippen molar-refractivity contribution < 1.29 is 8.42 Å². The predicted octanol–water partition coefficient (Wildman–Crippen LogP) is 1.16. The summed E-state index contributed by atoms with van der Waals surface area (Å²) in [6.45, 7) is 10.6. The van der Waals surface area contributed by atoms with E-state index in [4.69, 9.17) is 0 Å². The molecule has 18 heavy (non-hydrogen) atoms. The molecule has 0 bridgehead atoms. The quantitative estimate of drug-likeness (QED) is 0.791. The van der Waals surface area contributed by atoms with Crippen molar-refractivity contribution in [2.45, 2.75) is 20.8 Å². The number of piperazine rings is 1. The van der Waals surface area contributed by atoms with E-state index in [9.17, 15) is 8.42 Å². The summed E-state index contributed by atoms with van der Waals surface area (Å²) < 4.78 is 24.4. The van der Waals surface area contributed by atoms with Crippen molar-refractivity contribution in [3.63, 3.8) is 0 Å². The van der Waals surface area contributed by atoms with Crippen LogP contribution in [0, 0.1) is 11.3 Å². The largest absolute Gasteiger partial charge is 0.300 e. The van der Waals surface area contributed by atoms with Gasteiger partial charge in [0.2, 0.25) is 10.0 Å². The molecule has 1 fully saturated rings. The van der Waals surface area contributed by atoms with Crippen LogP contribution in [0.1, 0.15) is 20.8 Å². The van der Waals surface area contributed by atoms with Crippen molar-refractivity contribution in [1.29, 1.82) is 0 Å². The molecule has 0 radical (unpaired) electrons. The summed E-state index contributed by atoms with van der Waals surface area (Å²) in [5, 5.41) is 0. The van der Waals surface area contributed by atoms with Crippen LogP contribution in [0.2, 0.25) is 0 Å². The van der Waals surface area contributed by atoms with E-state index < -0.39 is 10.0 Å². The van der Waals surface area contributed by atoms with Crippen molar-refractivity contribution in [1.82, 2.24) is 9.21 Å². The lowest BCUT2D eigenvalue weighted by atomic mass is 9.81. The number of hydrogen-bond acceptors (Lipinski definition) is 4. The molecule has 1 rings (SSSR count). The molecule has 1 saturated heterocycles. The highest BCUT2D eigenvalue weighted by Gasteiger charge is 2.28. The molecule has 108 valence electrons. The van der Waals surface area contributed by atoms with Crippen LogP contribution in [0.25, 0.3) is 0 Å². The molecule has 1 aliphatic rings. The van der Waals surface area contributed by atoms with Crippen LogP contribution in [0.5, 0.6) is 0 Å². The molecule has 0 amide bonds.